The zero-order valence-electron chi connectivity index (χ0n) is 16.3. The van der Waals surface area contributed by atoms with Crippen molar-refractivity contribution in [2.75, 3.05) is 0 Å². The van der Waals surface area contributed by atoms with E-state index < -0.39 is 16.6 Å². The van der Waals surface area contributed by atoms with Crippen molar-refractivity contribution in [1.29, 1.82) is 0 Å². The highest BCUT2D eigenvalue weighted by Crippen LogP contribution is 2.29. The summed E-state index contributed by atoms with van der Waals surface area (Å²) in [5.41, 5.74) is 2.28. The fourth-order valence-electron chi connectivity index (χ4n) is 2.46. The predicted molar refractivity (Wildman–Crippen MR) is 109 cm³/mol. The monoisotopic (exact) mass is 386 g/mol. The third kappa shape index (κ3) is 5.40. The molecule has 2 rings (SSSR count). The van der Waals surface area contributed by atoms with Crippen LogP contribution in [0, 0.1) is 0 Å². The largest absolute Gasteiger partial charge is 0.516 e. The van der Waals surface area contributed by atoms with E-state index in [0.29, 0.717) is 22.3 Å². The zero-order chi connectivity index (χ0) is 19.5. The first-order chi connectivity index (χ1) is 12.0. The van der Waals surface area contributed by atoms with Crippen LogP contribution in [0.15, 0.2) is 48.5 Å². The van der Waals surface area contributed by atoms with Gasteiger partial charge in [-0.25, -0.2) is 9.59 Å². The number of hydrogen-bond donors (Lipinski definition) is 0. The number of carbonyl (C=O) groups excluding carboxylic acids is 2. The van der Waals surface area contributed by atoms with Crippen molar-refractivity contribution in [2.45, 2.75) is 39.3 Å². The highest BCUT2D eigenvalue weighted by molar-refractivity contribution is 6.71. The third-order valence-corrected chi connectivity index (χ3v) is 4.98. The summed E-state index contributed by atoms with van der Waals surface area (Å²) in [6.07, 6.45) is 0. The van der Waals surface area contributed by atoms with Crippen LogP contribution in [0.4, 0.5) is 0 Å². The van der Waals surface area contributed by atoms with Crippen LogP contribution in [-0.4, -0.2) is 28.6 Å². The number of hydrogen-bond acceptors (Lipinski definition) is 4. The molecule has 0 saturated heterocycles. The highest BCUT2D eigenvalue weighted by atomic mass is 28.4. The molecule has 0 aliphatic rings. The fraction of sp³-hybridized carbons (Fsp3) is 0.300. The average molecular weight is 387 g/mol. The predicted octanol–water partition coefficient (Wildman–Crippen LogP) is 5.34. The van der Waals surface area contributed by atoms with E-state index in [1.807, 2.05) is 63.5 Å². The molecule has 0 unspecified atom stereocenters. The molecule has 0 saturated carbocycles. The van der Waals surface area contributed by atoms with E-state index in [4.69, 9.17) is 8.85 Å². The SMILES string of the molecule is C[Si](C)(C)OC(=O)c1ccccc1-c1ccccc1C(=O)O[Si](C)(C)C. The lowest BCUT2D eigenvalue weighted by molar-refractivity contribution is 0.0712. The van der Waals surface area contributed by atoms with Crippen molar-refractivity contribution in [2.24, 2.45) is 0 Å². The molecule has 0 spiro atoms. The van der Waals surface area contributed by atoms with Gasteiger partial charge in [0.15, 0.2) is 0 Å². The molecule has 2 aromatic carbocycles. The highest BCUT2D eigenvalue weighted by Gasteiger charge is 2.26. The number of rotatable bonds is 5. The molecule has 6 heteroatoms. The second kappa shape index (κ2) is 7.59. The van der Waals surface area contributed by atoms with Gasteiger partial charge in [0.25, 0.3) is 0 Å². The Kier molecular flexibility index (Phi) is 5.88. The van der Waals surface area contributed by atoms with Crippen molar-refractivity contribution in [3.63, 3.8) is 0 Å². The number of benzene rings is 2. The Bertz CT molecular complexity index is 748. The van der Waals surface area contributed by atoms with Gasteiger partial charge in [0.1, 0.15) is 0 Å². The summed E-state index contributed by atoms with van der Waals surface area (Å²) in [4.78, 5) is 25.3. The molecular weight excluding hydrogens is 360 g/mol. The molecule has 0 aliphatic heterocycles. The van der Waals surface area contributed by atoms with Gasteiger partial charge in [0.05, 0.1) is 11.1 Å². The maximum atomic E-state index is 12.7. The molecule has 0 atom stereocenters. The maximum Gasteiger partial charge on any atom is 0.325 e. The Morgan fingerprint density at radius 2 is 0.923 bits per heavy atom. The first-order valence-corrected chi connectivity index (χ1v) is 15.4. The topological polar surface area (TPSA) is 52.6 Å². The summed E-state index contributed by atoms with van der Waals surface area (Å²) < 4.78 is 11.3. The normalized spacial score (nSPS) is 11.8. The van der Waals surface area contributed by atoms with Gasteiger partial charge in [-0.1, -0.05) is 36.4 Å². The van der Waals surface area contributed by atoms with Crippen LogP contribution in [0.5, 0.6) is 0 Å². The summed E-state index contributed by atoms with van der Waals surface area (Å²) in [6.45, 7) is 11.8. The molecule has 0 aliphatic carbocycles. The van der Waals surface area contributed by atoms with Crippen LogP contribution in [0.3, 0.4) is 0 Å². The van der Waals surface area contributed by atoms with Gasteiger partial charge in [-0.15, -0.1) is 0 Å². The maximum absolute atomic E-state index is 12.7. The lowest BCUT2D eigenvalue weighted by Gasteiger charge is -2.21. The van der Waals surface area contributed by atoms with Crippen molar-refractivity contribution in [1.82, 2.24) is 0 Å². The Hall–Kier alpha value is -2.19. The summed E-state index contributed by atoms with van der Waals surface area (Å²) in [5.74, 6) is -0.707. The van der Waals surface area contributed by atoms with E-state index in [-0.39, 0.29) is 11.9 Å². The van der Waals surface area contributed by atoms with E-state index in [1.165, 1.54) is 0 Å². The van der Waals surface area contributed by atoms with Gasteiger partial charge in [0, 0.05) is 0 Å². The van der Waals surface area contributed by atoms with E-state index in [0.717, 1.165) is 0 Å². The minimum atomic E-state index is -2.03. The Morgan fingerprint density at radius 1 is 0.615 bits per heavy atom. The molecular formula is C20H26O4Si2. The van der Waals surface area contributed by atoms with Crippen molar-refractivity contribution < 1.29 is 18.4 Å². The van der Waals surface area contributed by atoms with E-state index in [1.54, 1.807) is 24.3 Å². The van der Waals surface area contributed by atoms with Crippen LogP contribution >= 0.6 is 0 Å². The Balaban J connectivity index is 2.51. The molecule has 0 radical (unpaired) electrons. The van der Waals surface area contributed by atoms with Crippen LogP contribution in [0.25, 0.3) is 11.1 Å². The molecule has 138 valence electrons. The van der Waals surface area contributed by atoms with Gasteiger partial charge in [0.2, 0.25) is 16.6 Å². The lowest BCUT2D eigenvalue weighted by Crippen LogP contribution is -2.30. The molecule has 2 aromatic rings. The molecule has 0 heterocycles. The smallest absolute Gasteiger partial charge is 0.325 e. The quantitative estimate of drug-likeness (QED) is 0.651. The van der Waals surface area contributed by atoms with Crippen LogP contribution in [0.1, 0.15) is 20.7 Å². The van der Waals surface area contributed by atoms with Gasteiger partial charge >= 0.3 is 11.9 Å². The molecule has 0 amide bonds. The van der Waals surface area contributed by atoms with Crippen LogP contribution in [-0.2, 0) is 8.85 Å². The standard InChI is InChI=1S/C20H26O4Si2/c1-25(2,3)23-19(21)17-13-9-7-11-15(17)16-12-8-10-14-18(16)20(22)24-26(4,5)6/h7-14H,1-6H3. The summed E-state index contributed by atoms with van der Waals surface area (Å²) in [5, 5.41) is 0. The zero-order valence-corrected chi connectivity index (χ0v) is 18.3. The molecule has 0 bridgehead atoms. The van der Waals surface area contributed by atoms with E-state index >= 15 is 0 Å². The van der Waals surface area contributed by atoms with Crippen LogP contribution < -0.4 is 0 Å². The van der Waals surface area contributed by atoms with Crippen molar-refractivity contribution in [3.8, 4) is 11.1 Å². The van der Waals surface area contributed by atoms with Crippen molar-refractivity contribution in [3.05, 3.63) is 59.7 Å². The van der Waals surface area contributed by atoms with Crippen LogP contribution in [0.2, 0.25) is 39.3 Å². The summed E-state index contributed by atoms with van der Waals surface area (Å²) >= 11 is 0. The minimum absolute atomic E-state index is 0.354. The Labute approximate surface area is 157 Å². The minimum Gasteiger partial charge on any atom is -0.516 e. The molecule has 26 heavy (non-hydrogen) atoms. The molecule has 0 aromatic heterocycles. The first kappa shape index (κ1) is 20.1. The summed E-state index contributed by atoms with van der Waals surface area (Å²) in [7, 11) is -4.06. The van der Waals surface area contributed by atoms with E-state index in [2.05, 4.69) is 0 Å². The third-order valence-electron chi connectivity index (χ3n) is 3.38. The molecule has 0 fully saturated rings. The Morgan fingerprint density at radius 3 is 1.23 bits per heavy atom. The molecule has 4 nitrogen and oxygen atoms in total. The average Bonchev–Trinajstić information content (AvgIpc) is 2.51. The number of carbonyl (C=O) groups is 2. The van der Waals surface area contributed by atoms with Gasteiger partial charge in [-0.3, -0.25) is 0 Å². The van der Waals surface area contributed by atoms with Gasteiger partial charge in [-0.2, -0.15) is 0 Å². The van der Waals surface area contributed by atoms with Gasteiger partial charge in [-0.05, 0) is 62.5 Å². The van der Waals surface area contributed by atoms with E-state index in [9.17, 15) is 9.59 Å². The molecule has 0 N–H and O–H groups in total. The second-order valence-electron chi connectivity index (χ2n) is 8.09. The lowest BCUT2D eigenvalue weighted by atomic mass is 9.95. The van der Waals surface area contributed by atoms with Crippen molar-refractivity contribution >= 4 is 28.6 Å². The first-order valence-electron chi connectivity index (χ1n) is 8.63. The summed E-state index contributed by atoms with van der Waals surface area (Å²) in [6, 6.07) is 14.4. The second-order valence-corrected chi connectivity index (χ2v) is 17.0. The fourth-order valence-corrected chi connectivity index (χ4v) is 3.79. The van der Waals surface area contributed by atoms with Gasteiger partial charge < -0.3 is 8.85 Å².